The van der Waals surface area contributed by atoms with Crippen LogP contribution in [0.15, 0.2) is 47.3 Å². The predicted octanol–water partition coefficient (Wildman–Crippen LogP) is 5.07. The highest BCUT2D eigenvalue weighted by molar-refractivity contribution is 7.71. The van der Waals surface area contributed by atoms with E-state index in [0.717, 1.165) is 37.2 Å². The van der Waals surface area contributed by atoms with Gasteiger partial charge in [-0.15, -0.1) is 0 Å². The number of nitrogens with one attached hydrogen (secondary N) is 2. The van der Waals surface area contributed by atoms with Crippen LogP contribution in [0, 0.1) is 10.7 Å². The molecule has 0 unspecified atom stereocenters. The molecule has 3 aromatic rings. The van der Waals surface area contributed by atoms with Gasteiger partial charge in [0.25, 0.3) is 11.5 Å². The second-order valence-corrected chi connectivity index (χ2v) is 8.96. The normalized spacial score (nSPS) is 19.0. The molecule has 30 heavy (non-hydrogen) atoms. The molecule has 1 saturated carbocycles. The topological polar surface area (TPSA) is 66.9 Å². The van der Waals surface area contributed by atoms with E-state index < -0.39 is 0 Å². The Morgan fingerprint density at radius 1 is 1.17 bits per heavy atom. The number of carbonyl (C=O) groups excluding carboxylic acids is 1. The van der Waals surface area contributed by atoms with Crippen LogP contribution in [0.2, 0.25) is 5.02 Å². The van der Waals surface area contributed by atoms with E-state index in [-0.39, 0.29) is 17.5 Å². The first kappa shape index (κ1) is 20.8. The summed E-state index contributed by atoms with van der Waals surface area (Å²) in [5.74, 6) is 0.620. The van der Waals surface area contributed by atoms with Crippen molar-refractivity contribution < 1.29 is 4.79 Å². The zero-order valence-corrected chi connectivity index (χ0v) is 18.4. The minimum absolute atomic E-state index is 0.110. The number of carbonyl (C=O) groups is 1. The van der Waals surface area contributed by atoms with Crippen LogP contribution in [-0.4, -0.2) is 21.5 Å². The Kier molecular flexibility index (Phi) is 6.06. The van der Waals surface area contributed by atoms with Crippen molar-refractivity contribution in [1.29, 1.82) is 0 Å². The van der Waals surface area contributed by atoms with Crippen molar-refractivity contribution in [2.45, 2.75) is 45.2 Å². The monoisotopic (exact) mass is 441 g/mol. The van der Waals surface area contributed by atoms with E-state index in [4.69, 9.17) is 23.8 Å². The van der Waals surface area contributed by atoms with Gasteiger partial charge in [0.15, 0.2) is 4.77 Å². The number of halogens is 1. The Morgan fingerprint density at radius 2 is 1.87 bits per heavy atom. The maximum absolute atomic E-state index is 13.0. The number of hydrogen-bond donors (Lipinski definition) is 2. The third kappa shape index (κ3) is 4.50. The summed E-state index contributed by atoms with van der Waals surface area (Å²) in [5, 5.41) is 4.27. The molecule has 0 aliphatic heterocycles. The lowest BCUT2D eigenvalue weighted by molar-refractivity contribution is 0.0923. The fraction of sp³-hybridized carbons (Fsp3) is 0.348. The summed E-state index contributed by atoms with van der Waals surface area (Å²) in [6.07, 6.45) is 4.31. The summed E-state index contributed by atoms with van der Waals surface area (Å²) in [5.41, 5.74) is 1.85. The van der Waals surface area contributed by atoms with Crippen LogP contribution in [0.5, 0.6) is 0 Å². The van der Waals surface area contributed by atoms with Crippen molar-refractivity contribution in [2.75, 3.05) is 0 Å². The molecule has 4 rings (SSSR count). The van der Waals surface area contributed by atoms with Crippen molar-refractivity contribution in [1.82, 2.24) is 14.9 Å². The molecule has 0 atom stereocenters. The van der Waals surface area contributed by atoms with Crippen LogP contribution in [0.1, 0.15) is 48.5 Å². The zero-order valence-electron chi connectivity index (χ0n) is 16.8. The summed E-state index contributed by atoms with van der Waals surface area (Å²) < 4.78 is 1.84. The summed E-state index contributed by atoms with van der Waals surface area (Å²) in [4.78, 5) is 28.8. The molecule has 156 valence electrons. The van der Waals surface area contributed by atoms with Gasteiger partial charge in [-0.25, -0.2) is 0 Å². The average molecular weight is 442 g/mol. The van der Waals surface area contributed by atoms with E-state index in [1.165, 1.54) is 4.57 Å². The van der Waals surface area contributed by atoms with E-state index in [9.17, 15) is 9.59 Å². The Balaban J connectivity index is 1.59. The molecule has 5 nitrogen and oxygen atoms in total. The Labute approximate surface area is 185 Å². The van der Waals surface area contributed by atoms with Gasteiger partial charge in [0.05, 0.1) is 17.4 Å². The molecule has 2 aromatic carbocycles. The minimum atomic E-state index is -0.183. The molecular formula is C23H24ClN3O2S. The fourth-order valence-corrected chi connectivity index (χ4v) is 4.37. The first-order valence-corrected chi connectivity index (χ1v) is 11.0. The van der Waals surface area contributed by atoms with Gasteiger partial charge in [-0.1, -0.05) is 30.7 Å². The minimum Gasteiger partial charge on any atom is -0.349 e. The Bertz CT molecular complexity index is 1190. The molecule has 1 aliphatic rings. The van der Waals surface area contributed by atoms with Gasteiger partial charge < -0.3 is 10.3 Å². The van der Waals surface area contributed by atoms with E-state index in [0.29, 0.717) is 32.8 Å². The second kappa shape index (κ2) is 8.74. The summed E-state index contributed by atoms with van der Waals surface area (Å²) in [6, 6.07) is 12.6. The van der Waals surface area contributed by atoms with Gasteiger partial charge in [-0.3, -0.25) is 14.2 Å². The molecule has 2 N–H and O–H groups in total. The molecule has 7 heteroatoms. The van der Waals surface area contributed by atoms with Gasteiger partial charge in [0, 0.05) is 16.6 Å². The third-order valence-corrected chi connectivity index (χ3v) is 6.42. The molecule has 1 fully saturated rings. The number of hydrogen-bond acceptors (Lipinski definition) is 3. The number of benzene rings is 2. The second-order valence-electron chi connectivity index (χ2n) is 8.14. The molecule has 1 amide bonds. The van der Waals surface area contributed by atoms with E-state index in [1.807, 2.05) is 12.1 Å². The number of nitrogens with zero attached hydrogens (tertiary/aromatic N) is 1. The van der Waals surface area contributed by atoms with Crippen molar-refractivity contribution >= 4 is 40.6 Å². The van der Waals surface area contributed by atoms with Gasteiger partial charge in [0.1, 0.15) is 0 Å². The Hall–Kier alpha value is -2.44. The van der Waals surface area contributed by atoms with Crippen molar-refractivity contribution in [3.8, 4) is 0 Å². The summed E-state index contributed by atoms with van der Waals surface area (Å²) in [7, 11) is 0. The number of amides is 1. The molecule has 1 aromatic heterocycles. The van der Waals surface area contributed by atoms with E-state index in [2.05, 4.69) is 17.2 Å². The highest BCUT2D eigenvalue weighted by Crippen LogP contribution is 2.24. The van der Waals surface area contributed by atoms with Crippen LogP contribution in [0.4, 0.5) is 0 Å². The number of fused-ring (bicyclic) bond motifs is 1. The SMILES string of the molecule is CC1CCC(NC(=O)c2ccc3c(=O)n(Cc4ccc(Cl)cc4)c(=S)[nH]c3c2)CC1. The highest BCUT2D eigenvalue weighted by atomic mass is 35.5. The number of aromatic nitrogens is 2. The van der Waals surface area contributed by atoms with Gasteiger partial charge in [-0.05, 0) is 79.7 Å². The summed E-state index contributed by atoms with van der Waals surface area (Å²) in [6.45, 7) is 2.60. The van der Waals surface area contributed by atoms with E-state index >= 15 is 0 Å². The molecule has 1 aliphatic carbocycles. The molecule has 1 heterocycles. The van der Waals surface area contributed by atoms with Crippen LogP contribution >= 0.6 is 23.8 Å². The van der Waals surface area contributed by atoms with Crippen molar-refractivity contribution in [3.63, 3.8) is 0 Å². The first-order valence-electron chi connectivity index (χ1n) is 10.2. The number of rotatable bonds is 4. The van der Waals surface area contributed by atoms with Gasteiger partial charge >= 0.3 is 0 Å². The lowest BCUT2D eigenvalue weighted by atomic mass is 9.87. The Morgan fingerprint density at radius 3 is 2.57 bits per heavy atom. The lowest BCUT2D eigenvalue weighted by Crippen LogP contribution is -2.37. The standard InChI is InChI=1S/C23H24ClN3O2S/c1-14-2-9-18(10-3-14)25-21(28)16-6-11-19-20(12-16)26-23(30)27(22(19)29)13-15-4-7-17(24)8-5-15/h4-8,11-12,14,18H,2-3,9-10,13H2,1H3,(H,25,28)(H,26,30). The quantitative estimate of drug-likeness (QED) is 0.555. The predicted molar refractivity (Wildman–Crippen MR) is 123 cm³/mol. The average Bonchev–Trinajstić information content (AvgIpc) is 2.73. The number of H-pyrrole nitrogens is 1. The molecule has 0 spiro atoms. The summed E-state index contributed by atoms with van der Waals surface area (Å²) >= 11 is 11.4. The van der Waals surface area contributed by atoms with Crippen LogP contribution in [-0.2, 0) is 6.54 Å². The lowest BCUT2D eigenvalue weighted by Gasteiger charge is -2.26. The molecule has 0 radical (unpaired) electrons. The molecule has 0 bridgehead atoms. The fourth-order valence-electron chi connectivity index (χ4n) is 3.98. The van der Waals surface area contributed by atoms with Gasteiger partial charge in [-0.2, -0.15) is 0 Å². The van der Waals surface area contributed by atoms with E-state index in [1.54, 1.807) is 30.3 Å². The molecule has 0 saturated heterocycles. The zero-order chi connectivity index (χ0) is 21.3. The largest absolute Gasteiger partial charge is 0.349 e. The van der Waals surface area contributed by atoms with Gasteiger partial charge in [0.2, 0.25) is 0 Å². The van der Waals surface area contributed by atoms with Crippen LogP contribution in [0.3, 0.4) is 0 Å². The van der Waals surface area contributed by atoms with Crippen molar-refractivity contribution in [3.05, 3.63) is 73.7 Å². The molecular weight excluding hydrogens is 418 g/mol. The van der Waals surface area contributed by atoms with Crippen LogP contribution < -0.4 is 10.9 Å². The van der Waals surface area contributed by atoms with Crippen LogP contribution in [0.25, 0.3) is 10.9 Å². The first-order chi connectivity index (χ1) is 14.4. The number of aromatic amines is 1. The third-order valence-electron chi connectivity index (χ3n) is 5.85. The highest BCUT2D eigenvalue weighted by Gasteiger charge is 2.20. The maximum atomic E-state index is 13.0. The smallest absolute Gasteiger partial charge is 0.262 e. The maximum Gasteiger partial charge on any atom is 0.262 e. The van der Waals surface area contributed by atoms with Crippen molar-refractivity contribution in [2.24, 2.45) is 5.92 Å².